The van der Waals surface area contributed by atoms with Gasteiger partial charge in [0.25, 0.3) is 0 Å². The van der Waals surface area contributed by atoms with E-state index in [2.05, 4.69) is 0 Å². The Hall–Kier alpha value is -0.740. The van der Waals surface area contributed by atoms with E-state index in [1.807, 2.05) is 6.92 Å². The molecular formula is C12H14ClFO2S. The summed E-state index contributed by atoms with van der Waals surface area (Å²) in [4.78, 5) is 12.1. The van der Waals surface area contributed by atoms with Gasteiger partial charge in [-0.1, -0.05) is 18.5 Å². The molecule has 1 rings (SSSR count). The van der Waals surface area contributed by atoms with E-state index in [0.717, 1.165) is 4.90 Å². The lowest BCUT2D eigenvalue weighted by molar-refractivity contribution is -0.142. The fraction of sp³-hybridized carbons (Fsp3) is 0.417. The standard InChI is InChI=1S/C12H14ClFO2S/c1-3-16-12(15)6-8(2)17-9-4-5-11(14)10(13)7-9/h4-5,7-8H,3,6H2,1-2H3. The van der Waals surface area contributed by atoms with Crippen LogP contribution in [0.3, 0.4) is 0 Å². The van der Waals surface area contributed by atoms with Gasteiger partial charge in [0.1, 0.15) is 5.82 Å². The molecule has 0 spiro atoms. The molecule has 0 radical (unpaired) electrons. The zero-order valence-corrected chi connectivity index (χ0v) is 11.3. The van der Waals surface area contributed by atoms with Crippen LogP contribution in [-0.4, -0.2) is 17.8 Å². The van der Waals surface area contributed by atoms with Crippen LogP contribution in [0.25, 0.3) is 0 Å². The van der Waals surface area contributed by atoms with Crippen molar-refractivity contribution < 1.29 is 13.9 Å². The van der Waals surface area contributed by atoms with Crippen LogP contribution in [-0.2, 0) is 9.53 Å². The Morgan fingerprint density at radius 3 is 2.88 bits per heavy atom. The minimum absolute atomic E-state index is 0.0653. The molecule has 0 aliphatic carbocycles. The highest BCUT2D eigenvalue weighted by molar-refractivity contribution is 8.00. The van der Waals surface area contributed by atoms with Crippen molar-refractivity contribution >= 4 is 29.3 Å². The molecule has 0 aromatic heterocycles. The lowest BCUT2D eigenvalue weighted by atomic mass is 10.3. The van der Waals surface area contributed by atoms with Crippen molar-refractivity contribution in [3.8, 4) is 0 Å². The normalized spacial score (nSPS) is 12.2. The van der Waals surface area contributed by atoms with Crippen LogP contribution in [0.4, 0.5) is 4.39 Å². The van der Waals surface area contributed by atoms with Crippen LogP contribution >= 0.6 is 23.4 Å². The van der Waals surface area contributed by atoms with Crippen molar-refractivity contribution in [1.29, 1.82) is 0 Å². The Bertz CT molecular complexity index is 398. The molecule has 0 heterocycles. The van der Waals surface area contributed by atoms with Gasteiger partial charge in [0, 0.05) is 10.1 Å². The van der Waals surface area contributed by atoms with Crippen LogP contribution in [0, 0.1) is 5.82 Å². The molecule has 0 fully saturated rings. The molecule has 0 N–H and O–H groups in total. The number of hydrogen-bond donors (Lipinski definition) is 0. The predicted octanol–water partition coefficient (Wildman–Crippen LogP) is 3.91. The fourth-order valence-electron chi connectivity index (χ4n) is 1.28. The molecule has 2 nitrogen and oxygen atoms in total. The van der Waals surface area contributed by atoms with E-state index in [9.17, 15) is 9.18 Å². The van der Waals surface area contributed by atoms with Gasteiger partial charge in [0.2, 0.25) is 0 Å². The van der Waals surface area contributed by atoms with Gasteiger partial charge in [0.05, 0.1) is 18.1 Å². The van der Waals surface area contributed by atoms with Gasteiger partial charge in [-0.2, -0.15) is 0 Å². The maximum absolute atomic E-state index is 12.9. The zero-order chi connectivity index (χ0) is 12.8. The van der Waals surface area contributed by atoms with E-state index in [1.165, 1.54) is 17.8 Å². The van der Waals surface area contributed by atoms with E-state index in [4.69, 9.17) is 16.3 Å². The summed E-state index contributed by atoms with van der Waals surface area (Å²) in [6.07, 6.45) is 0.327. The zero-order valence-electron chi connectivity index (χ0n) is 9.70. The summed E-state index contributed by atoms with van der Waals surface area (Å²) in [5, 5.41) is 0.161. The quantitative estimate of drug-likeness (QED) is 0.602. The van der Waals surface area contributed by atoms with Crippen LogP contribution in [0.5, 0.6) is 0 Å². The van der Waals surface area contributed by atoms with Crippen LogP contribution < -0.4 is 0 Å². The number of benzene rings is 1. The third kappa shape index (κ3) is 4.96. The third-order valence-corrected chi connectivity index (χ3v) is 3.37. The van der Waals surface area contributed by atoms with E-state index in [-0.39, 0.29) is 16.2 Å². The molecule has 1 atom stereocenters. The molecule has 17 heavy (non-hydrogen) atoms. The summed E-state index contributed by atoms with van der Waals surface area (Å²) in [6, 6.07) is 4.53. The topological polar surface area (TPSA) is 26.3 Å². The lowest BCUT2D eigenvalue weighted by Gasteiger charge is -2.10. The summed E-state index contributed by atoms with van der Waals surface area (Å²) in [5.41, 5.74) is 0. The highest BCUT2D eigenvalue weighted by Gasteiger charge is 2.12. The fourth-order valence-corrected chi connectivity index (χ4v) is 2.54. The average Bonchev–Trinajstić information content (AvgIpc) is 2.23. The second-order valence-corrected chi connectivity index (χ2v) is 5.43. The Morgan fingerprint density at radius 2 is 2.29 bits per heavy atom. The Morgan fingerprint density at radius 1 is 1.59 bits per heavy atom. The molecule has 5 heteroatoms. The lowest BCUT2D eigenvalue weighted by Crippen LogP contribution is -2.10. The number of esters is 1. The highest BCUT2D eigenvalue weighted by atomic mass is 35.5. The summed E-state index contributed by atoms with van der Waals surface area (Å²) >= 11 is 7.14. The molecule has 94 valence electrons. The van der Waals surface area contributed by atoms with Crippen molar-refractivity contribution in [2.45, 2.75) is 30.4 Å². The van der Waals surface area contributed by atoms with Gasteiger partial charge >= 0.3 is 5.97 Å². The number of ether oxygens (including phenoxy) is 1. The van der Waals surface area contributed by atoms with E-state index in [1.54, 1.807) is 19.1 Å². The number of rotatable bonds is 5. The van der Waals surface area contributed by atoms with Gasteiger partial charge in [0.15, 0.2) is 0 Å². The highest BCUT2D eigenvalue weighted by Crippen LogP contribution is 2.28. The monoisotopic (exact) mass is 276 g/mol. The van der Waals surface area contributed by atoms with Gasteiger partial charge < -0.3 is 4.74 Å². The molecule has 1 aromatic carbocycles. The van der Waals surface area contributed by atoms with E-state index in [0.29, 0.717) is 13.0 Å². The largest absolute Gasteiger partial charge is 0.466 e. The van der Waals surface area contributed by atoms with Crippen LogP contribution in [0.1, 0.15) is 20.3 Å². The molecule has 1 aromatic rings. The minimum Gasteiger partial charge on any atom is -0.466 e. The van der Waals surface area contributed by atoms with Crippen molar-refractivity contribution in [3.05, 3.63) is 29.0 Å². The summed E-state index contributed by atoms with van der Waals surface area (Å²) in [6.45, 7) is 4.08. The Kier molecular flexibility index (Phi) is 5.78. The van der Waals surface area contributed by atoms with Crippen LogP contribution in [0.2, 0.25) is 5.02 Å². The first-order valence-corrected chi connectivity index (χ1v) is 6.56. The van der Waals surface area contributed by atoms with Gasteiger partial charge in [-0.15, -0.1) is 11.8 Å². The Balaban J connectivity index is 2.53. The first-order chi connectivity index (χ1) is 8.02. The summed E-state index contributed by atoms with van der Waals surface area (Å²) in [7, 11) is 0. The first-order valence-electron chi connectivity index (χ1n) is 5.30. The van der Waals surface area contributed by atoms with Crippen LogP contribution in [0.15, 0.2) is 23.1 Å². The molecular weight excluding hydrogens is 263 g/mol. The maximum atomic E-state index is 12.9. The van der Waals surface area contributed by atoms with Gasteiger partial charge in [-0.25, -0.2) is 4.39 Å². The average molecular weight is 277 g/mol. The number of halogens is 2. The maximum Gasteiger partial charge on any atom is 0.306 e. The molecule has 0 amide bonds. The molecule has 0 bridgehead atoms. The molecule has 0 saturated heterocycles. The SMILES string of the molecule is CCOC(=O)CC(C)Sc1ccc(F)c(Cl)c1. The minimum atomic E-state index is -0.436. The number of carbonyl (C=O) groups excluding carboxylic acids is 1. The van der Waals surface area contributed by atoms with Gasteiger partial charge in [-0.3, -0.25) is 4.79 Å². The van der Waals surface area contributed by atoms with Crippen molar-refractivity contribution in [2.24, 2.45) is 0 Å². The van der Waals surface area contributed by atoms with Crippen molar-refractivity contribution in [3.63, 3.8) is 0 Å². The molecule has 1 unspecified atom stereocenters. The van der Waals surface area contributed by atoms with E-state index < -0.39 is 5.82 Å². The van der Waals surface area contributed by atoms with E-state index >= 15 is 0 Å². The summed E-state index contributed by atoms with van der Waals surface area (Å²) < 4.78 is 17.8. The number of thioether (sulfide) groups is 1. The first kappa shape index (κ1) is 14.3. The second kappa shape index (κ2) is 6.87. The molecule has 0 saturated carbocycles. The van der Waals surface area contributed by atoms with Crippen molar-refractivity contribution in [2.75, 3.05) is 6.61 Å². The number of hydrogen-bond acceptors (Lipinski definition) is 3. The summed E-state index contributed by atoms with van der Waals surface area (Å²) in [5.74, 6) is -0.658. The van der Waals surface area contributed by atoms with Crippen molar-refractivity contribution in [1.82, 2.24) is 0 Å². The Labute approximate surface area is 109 Å². The molecule has 0 aliphatic rings. The molecule has 0 aliphatic heterocycles. The van der Waals surface area contributed by atoms with Gasteiger partial charge in [-0.05, 0) is 25.1 Å². The second-order valence-electron chi connectivity index (χ2n) is 3.51. The smallest absolute Gasteiger partial charge is 0.306 e. The third-order valence-electron chi connectivity index (χ3n) is 1.99. The number of carbonyl (C=O) groups is 1. The predicted molar refractivity (Wildman–Crippen MR) is 68.0 cm³/mol.